The highest BCUT2D eigenvalue weighted by molar-refractivity contribution is 6.35. The van der Waals surface area contributed by atoms with Gasteiger partial charge in [0.2, 0.25) is 5.95 Å². The summed E-state index contributed by atoms with van der Waals surface area (Å²) in [4.78, 5) is 23.5. The van der Waals surface area contributed by atoms with Crippen molar-refractivity contribution in [1.29, 1.82) is 0 Å². The third-order valence-electron chi connectivity index (χ3n) is 6.07. The number of aromatic nitrogens is 4. The molecule has 2 N–H and O–H groups in total. The molecule has 0 bridgehead atoms. The summed E-state index contributed by atoms with van der Waals surface area (Å²) in [5.74, 6) is 0.334. The zero-order chi connectivity index (χ0) is 24.4. The van der Waals surface area contributed by atoms with Crippen LogP contribution in [0.15, 0.2) is 55.1 Å². The summed E-state index contributed by atoms with van der Waals surface area (Å²) < 4.78 is 0. The molecule has 2 aromatic carbocycles. The maximum absolute atomic E-state index is 11.9. The number of benzene rings is 2. The number of rotatable bonds is 7. The minimum atomic E-state index is -0.0501. The van der Waals surface area contributed by atoms with Gasteiger partial charge in [0.1, 0.15) is 5.15 Å². The van der Waals surface area contributed by atoms with E-state index in [4.69, 9.17) is 28.2 Å². The van der Waals surface area contributed by atoms with Crippen molar-refractivity contribution in [2.24, 2.45) is 0 Å². The molecular formula is C26H24Cl2N6O. The predicted molar refractivity (Wildman–Crippen MR) is 142 cm³/mol. The van der Waals surface area contributed by atoms with Gasteiger partial charge in [-0.15, -0.1) is 0 Å². The summed E-state index contributed by atoms with van der Waals surface area (Å²) in [6.45, 7) is 5.54. The lowest BCUT2D eigenvalue weighted by Gasteiger charge is -2.30. The molecule has 9 heteroatoms. The first-order valence-corrected chi connectivity index (χ1v) is 12.2. The Kier molecular flexibility index (Phi) is 6.70. The van der Waals surface area contributed by atoms with Crippen molar-refractivity contribution in [3.8, 4) is 11.3 Å². The second-order valence-electron chi connectivity index (χ2n) is 8.52. The zero-order valence-electron chi connectivity index (χ0n) is 19.0. The van der Waals surface area contributed by atoms with Gasteiger partial charge in [-0.3, -0.25) is 9.89 Å². The molecule has 1 aliphatic heterocycles. The molecule has 0 spiro atoms. The minimum Gasteiger partial charge on any atom is -0.370 e. The Bertz CT molecular complexity index is 1410. The van der Waals surface area contributed by atoms with Gasteiger partial charge in [-0.05, 0) is 55.2 Å². The third-order valence-corrected chi connectivity index (χ3v) is 6.67. The third kappa shape index (κ3) is 5.01. The minimum absolute atomic E-state index is 0.0501. The summed E-state index contributed by atoms with van der Waals surface area (Å²) in [5.41, 5.74) is 4.56. The summed E-state index contributed by atoms with van der Waals surface area (Å²) in [5, 5.41) is 12.0. The second-order valence-corrected chi connectivity index (χ2v) is 9.30. The van der Waals surface area contributed by atoms with Crippen LogP contribution in [0.2, 0.25) is 10.2 Å². The van der Waals surface area contributed by atoms with E-state index in [9.17, 15) is 4.79 Å². The van der Waals surface area contributed by atoms with E-state index in [1.165, 1.54) is 12.5 Å². The van der Waals surface area contributed by atoms with Crippen LogP contribution in [-0.4, -0.2) is 39.0 Å². The monoisotopic (exact) mass is 506 g/mol. The van der Waals surface area contributed by atoms with Crippen LogP contribution in [0.1, 0.15) is 24.8 Å². The number of nitrogens with zero attached hydrogens (tertiary/aromatic N) is 4. The molecule has 5 rings (SSSR count). The van der Waals surface area contributed by atoms with Gasteiger partial charge in [-0.1, -0.05) is 48.0 Å². The molecule has 3 heterocycles. The number of carbonyl (C=O) groups is 1. The number of piperidine rings is 1. The number of nitrogens with one attached hydrogen (secondary N) is 2. The lowest BCUT2D eigenvalue weighted by molar-refractivity contribution is -0.114. The van der Waals surface area contributed by atoms with Gasteiger partial charge >= 0.3 is 0 Å². The van der Waals surface area contributed by atoms with Gasteiger partial charge in [0.15, 0.2) is 11.4 Å². The summed E-state index contributed by atoms with van der Waals surface area (Å²) in [7, 11) is 0. The molecule has 0 saturated carbocycles. The van der Waals surface area contributed by atoms with Crippen LogP contribution < -0.4 is 10.2 Å². The van der Waals surface area contributed by atoms with Gasteiger partial charge in [0, 0.05) is 30.8 Å². The molecule has 0 unspecified atom stereocenters. The Morgan fingerprint density at radius 1 is 1.11 bits per heavy atom. The number of anilines is 3. The van der Waals surface area contributed by atoms with E-state index < -0.39 is 0 Å². The van der Waals surface area contributed by atoms with E-state index >= 15 is 0 Å². The first kappa shape index (κ1) is 23.3. The number of allylic oxidation sites excluding steroid dienone is 1. The fourth-order valence-corrected chi connectivity index (χ4v) is 4.81. The molecule has 0 aliphatic carbocycles. The SMILES string of the molecule is C=CC(=O)Cc1cccc(-c2nc(Nc3ccc(Cl)c(N4CCCCC4)c3)nc3n[nH]c(Cl)c23)c1. The van der Waals surface area contributed by atoms with E-state index in [2.05, 4.69) is 32.0 Å². The van der Waals surface area contributed by atoms with Gasteiger partial charge < -0.3 is 10.2 Å². The highest BCUT2D eigenvalue weighted by Crippen LogP contribution is 2.34. The van der Waals surface area contributed by atoms with Crippen LogP contribution >= 0.6 is 23.2 Å². The Balaban J connectivity index is 1.52. The van der Waals surface area contributed by atoms with Crippen molar-refractivity contribution in [1.82, 2.24) is 20.2 Å². The summed E-state index contributed by atoms with van der Waals surface area (Å²) >= 11 is 12.9. The molecule has 2 aromatic heterocycles. The van der Waals surface area contributed by atoms with Gasteiger partial charge in [-0.25, -0.2) is 4.98 Å². The lowest BCUT2D eigenvalue weighted by Crippen LogP contribution is -2.29. The zero-order valence-corrected chi connectivity index (χ0v) is 20.5. The van der Waals surface area contributed by atoms with Crippen molar-refractivity contribution < 1.29 is 4.79 Å². The fourth-order valence-electron chi connectivity index (χ4n) is 4.35. The van der Waals surface area contributed by atoms with Crippen molar-refractivity contribution in [2.75, 3.05) is 23.3 Å². The van der Waals surface area contributed by atoms with E-state index in [-0.39, 0.29) is 12.2 Å². The molecule has 0 amide bonds. The topological polar surface area (TPSA) is 86.8 Å². The van der Waals surface area contributed by atoms with Gasteiger partial charge in [0.25, 0.3) is 0 Å². The lowest BCUT2D eigenvalue weighted by atomic mass is 10.0. The number of aromatic amines is 1. The number of carbonyl (C=O) groups excluding carboxylic acids is 1. The summed E-state index contributed by atoms with van der Waals surface area (Å²) in [6, 6.07) is 13.5. The molecular weight excluding hydrogens is 483 g/mol. The average Bonchev–Trinajstić information content (AvgIpc) is 3.25. The van der Waals surface area contributed by atoms with E-state index in [1.807, 2.05) is 42.5 Å². The van der Waals surface area contributed by atoms with Crippen LogP contribution in [0.3, 0.4) is 0 Å². The summed E-state index contributed by atoms with van der Waals surface area (Å²) in [6.07, 6.45) is 5.16. The Morgan fingerprint density at radius 3 is 2.74 bits per heavy atom. The molecule has 0 atom stereocenters. The molecule has 4 aromatic rings. The quantitative estimate of drug-likeness (QED) is 0.283. The highest BCUT2D eigenvalue weighted by atomic mass is 35.5. The molecule has 178 valence electrons. The first-order chi connectivity index (χ1) is 17.0. The number of fused-ring (bicyclic) bond motifs is 1. The number of hydrogen-bond donors (Lipinski definition) is 2. The first-order valence-electron chi connectivity index (χ1n) is 11.5. The largest absolute Gasteiger partial charge is 0.370 e. The van der Waals surface area contributed by atoms with Crippen LogP contribution in [0.25, 0.3) is 22.3 Å². The normalized spacial score (nSPS) is 13.7. The Hall–Kier alpha value is -3.42. The van der Waals surface area contributed by atoms with Crippen molar-refractivity contribution in [3.05, 3.63) is 70.9 Å². The smallest absolute Gasteiger partial charge is 0.229 e. The van der Waals surface area contributed by atoms with Crippen LogP contribution in [-0.2, 0) is 11.2 Å². The number of hydrogen-bond acceptors (Lipinski definition) is 6. The van der Waals surface area contributed by atoms with Gasteiger partial charge in [-0.2, -0.15) is 10.1 Å². The van der Waals surface area contributed by atoms with E-state index in [1.54, 1.807) is 0 Å². The Morgan fingerprint density at radius 2 is 1.94 bits per heavy atom. The maximum atomic E-state index is 11.9. The van der Waals surface area contributed by atoms with Crippen LogP contribution in [0.5, 0.6) is 0 Å². The van der Waals surface area contributed by atoms with Gasteiger partial charge in [0.05, 0.1) is 21.8 Å². The Labute approximate surface area is 213 Å². The van der Waals surface area contributed by atoms with Crippen LogP contribution in [0.4, 0.5) is 17.3 Å². The fraction of sp³-hybridized carbons (Fsp3) is 0.231. The molecule has 7 nitrogen and oxygen atoms in total. The maximum Gasteiger partial charge on any atom is 0.229 e. The van der Waals surface area contributed by atoms with Crippen molar-refractivity contribution in [2.45, 2.75) is 25.7 Å². The second kappa shape index (κ2) is 10.1. The molecule has 1 aliphatic rings. The average molecular weight is 507 g/mol. The number of ketones is 1. The molecule has 1 fully saturated rings. The van der Waals surface area contributed by atoms with Crippen molar-refractivity contribution >= 4 is 57.3 Å². The molecule has 35 heavy (non-hydrogen) atoms. The van der Waals surface area contributed by atoms with Crippen molar-refractivity contribution in [3.63, 3.8) is 0 Å². The predicted octanol–water partition coefficient (Wildman–Crippen LogP) is 6.36. The standard InChI is InChI=1S/C26H24Cl2N6O/c1-2-19(35)14-16-7-6-8-17(13-16)23-22-24(28)32-33-25(22)31-26(30-23)29-18-9-10-20(27)21(15-18)34-11-4-3-5-12-34/h2,6-10,13,15H,1,3-5,11-12,14H2,(H2,29,30,31,32,33). The highest BCUT2D eigenvalue weighted by Gasteiger charge is 2.18. The van der Waals surface area contributed by atoms with Crippen LogP contribution in [0, 0.1) is 0 Å². The number of halogens is 2. The molecule has 1 saturated heterocycles. The number of H-pyrrole nitrogens is 1. The van der Waals surface area contributed by atoms with E-state index in [0.29, 0.717) is 27.8 Å². The van der Waals surface area contributed by atoms with E-state index in [0.717, 1.165) is 53.5 Å². The molecule has 0 radical (unpaired) electrons.